The highest BCUT2D eigenvalue weighted by Gasteiger charge is 2.18. The van der Waals surface area contributed by atoms with Crippen LogP contribution in [0.15, 0.2) is 35.1 Å². The fourth-order valence-electron chi connectivity index (χ4n) is 3.13. The minimum atomic E-state index is -0.234. The molecule has 0 amide bonds. The second kappa shape index (κ2) is 8.78. The normalized spacial score (nSPS) is 15.2. The second-order valence-electron chi connectivity index (χ2n) is 6.39. The van der Waals surface area contributed by atoms with E-state index >= 15 is 0 Å². The van der Waals surface area contributed by atoms with E-state index in [0.717, 1.165) is 43.7 Å². The number of piperidine rings is 1. The predicted molar refractivity (Wildman–Crippen MR) is 95.6 cm³/mol. The van der Waals surface area contributed by atoms with Crippen LogP contribution in [-0.2, 0) is 24.4 Å². The molecule has 1 fully saturated rings. The molecule has 0 radical (unpaired) electrons. The first-order valence-corrected chi connectivity index (χ1v) is 8.74. The van der Waals surface area contributed by atoms with Gasteiger partial charge in [-0.15, -0.1) is 0 Å². The van der Waals surface area contributed by atoms with Gasteiger partial charge in [0.15, 0.2) is 0 Å². The standard InChI is InChI=1S/C19H25N3O3/c1-24-13-16-18(25-12-15-5-3-2-4-6-15)19(23)22-17(21-16)11-14-7-9-20-10-8-14/h2-6,14,20H,7-13H2,1H3,(H,21,22,23). The predicted octanol–water partition coefficient (Wildman–Crippen LogP) is 2.04. The number of benzene rings is 1. The lowest BCUT2D eigenvalue weighted by Gasteiger charge is -2.22. The van der Waals surface area contributed by atoms with E-state index in [9.17, 15) is 4.79 Å². The topological polar surface area (TPSA) is 76.2 Å². The summed E-state index contributed by atoms with van der Waals surface area (Å²) in [5, 5.41) is 3.35. The van der Waals surface area contributed by atoms with Crippen LogP contribution in [0.4, 0.5) is 0 Å². The Labute approximate surface area is 147 Å². The lowest BCUT2D eigenvalue weighted by atomic mass is 9.94. The van der Waals surface area contributed by atoms with Crippen molar-refractivity contribution in [1.29, 1.82) is 0 Å². The number of nitrogens with one attached hydrogen (secondary N) is 2. The highest BCUT2D eigenvalue weighted by molar-refractivity contribution is 5.25. The van der Waals surface area contributed by atoms with Gasteiger partial charge in [-0.1, -0.05) is 30.3 Å². The Hall–Kier alpha value is -2.18. The molecule has 6 heteroatoms. The fourth-order valence-corrected chi connectivity index (χ4v) is 3.13. The Bertz CT molecular complexity index is 724. The van der Waals surface area contributed by atoms with E-state index in [1.807, 2.05) is 30.3 Å². The minimum absolute atomic E-state index is 0.234. The molecule has 0 spiro atoms. The number of hydrogen-bond acceptors (Lipinski definition) is 5. The molecule has 1 saturated heterocycles. The van der Waals surface area contributed by atoms with Crippen LogP contribution < -0.4 is 15.6 Å². The van der Waals surface area contributed by atoms with Gasteiger partial charge in [-0.2, -0.15) is 0 Å². The Balaban J connectivity index is 1.76. The van der Waals surface area contributed by atoms with Crippen molar-refractivity contribution in [2.75, 3.05) is 20.2 Å². The summed E-state index contributed by atoms with van der Waals surface area (Å²) in [7, 11) is 1.59. The van der Waals surface area contributed by atoms with Gasteiger partial charge in [-0.3, -0.25) is 4.79 Å². The maximum Gasteiger partial charge on any atom is 0.293 e. The van der Waals surface area contributed by atoms with E-state index in [-0.39, 0.29) is 17.9 Å². The molecule has 25 heavy (non-hydrogen) atoms. The average Bonchev–Trinajstić information content (AvgIpc) is 2.63. The number of aromatic nitrogens is 2. The number of ether oxygens (including phenoxy) is 2. The van der Waals surface area contributed by atoms with Gasteiger partial charge in [0.2, 0.25) is 5.75 Å². The summed E-state index contributed by atoms with van der Waals surface area (Å²) in [4.78, 5) is 20.0. The average molecular weight is 343 g/mol. The highest BCUT2D eigenvalue weighted by atomic mass is 16.5. The molecule has 3 rings (SSSR count). The quantitative estimate of drug-likeness (QED) is 0.804. The van der Waals surface area contributed by atoms with Crippen LogP contribution in [0.2, 0.25) is 0 Å². The molecular formula is C19H25N3O3. The lowest BCUT2D eigenvalue weighted by Crippen LogP contribution is -2.29. The zero-order valence-corrected chi connectivity index (χ0v) is 14.6. The SMILES string of the molecule is COCc1nc(CC2CCNCC2)[nH]c(=O)c1OCc1ccccc1. The summed E-state index contributed by atoms with van der Waals surface area (Å²) in [5.41, 5.74) is 1.33. The van der Waals surface area contributed by atoms with Crippen molar-refractivity contribution in [1.82, 2.24) is 15.3 Å². The first-order valence-electron chi connectivity index (χ1n) is 8.74. The molecule has 2 aromatic rings. The van der Waals surface area contributed by atoms with Crippen LogP contribution in [0.25, 0.3) is 0 Å². The third-order valence-electron chi connectivity index (χ3n) is 4.44. The smallest absolute Gasteiger partial charge is 0.293 e. The molecule has 134 valence electrons. The van der Waals surface area contributed by atoms with Gasteiger partial charge >= 0.3 is 0 Å². The second-order valence-corrected chi connectivity index (χ2v) is 6.39. The molecule has 0 atom stereocenters. The highest BCUT2D eigenvalue weighted by Crippen LogP contribution is 2.18. The first-order chi connectivity index (χ1) is 12.3. The van der Waals surface area contributed by atoms with Crippen molar-refractivity contribution in [2.45, 2.75) is 32.5 Å². The van der Waals surface area contributed by atoms with Crippen LogP contribution in [0, 0.1) is 5.92 Å². The summed E-state index contributed by atoms with van der Waals surface area (Å²) in [5.74, 6) is 1.52. The molecule has 1 aliphatic rings. The molecular weight excluding hydrogens is 318 g/mol. The van der Waals surface area contributed by atoms with Crippen molar-refractivity contribution >= 4 is 0 Å². The molecule has 2 N–H and O–H groups in total. The summed E-state index contributed by atoms with van der Waals surface area (Å²) in [6.07, 6.45) is 3.00. The molecule has 1 aliphatic heterocycles. The maximum absolute atomic E-state index is 12.5. The molecule has 6 nitrogen and oxygen atoms in total. The minimum Gasteiger partial charge on any atom is -0.482 e. The van der Waals surface area contributed by atoms with Crippen LogP contribution in [-0.4, -0.2) is 30.2 Å². The zero-order chi connectivity index (χ0) is 17.5. The third-order valence-corrected chi connectivity index (χ3v) is 4.44. The van der Waals surface area contributed by atoms with Gasteiger partial charge in [0.1, 0.15) is 18.1 Å². The Morgan fingerprint density at radius 2 is 1.92 bits per heavy atom. The Kier molecular flexibility index (Phi) is 6.19. The monoisotopic (exact) mass is 343 g/mol. The lowest BCUT2D eigenvalue weighted by molar-refractivity contribution is 0.174. The maximum atomic E-state index is 12.5. The van der Waals surface area contributed by atoms with Gasteiger partial charge in [0.05, 0.1) is 6.61 Å². The van der Waals surface area contributed by atoms with Gasteiger partial charge in [-0.05, 0) is 37.4 Å². The summed E-state index contributed by atoms with van der Waals surface area (Å²) in [6, 6.07) is 9.76. The van der Waals surface area contributed by atoms with Crippen LogP contribution in [0.1, 0.15) is 29.9 Å². The van der Waals surface area contributed by atoms with E-state index in [1.165, 1.54) is 0 Å². The Morgan fingerprint density at radius 1 is 1.16 bits per heavy atom. The molecule has 0 bridgehead atoms. The molecule has 0 aliphatic carbocycles. The Morgan fingerprint density at radius 3 is 2.64 bits per heavy atom. The number of methoxy groups -OCH3 is 1. The van der Waals surface area contributed by atoms with Crippen molar-refractivity contribution < 1.29 is 9.47 Å². The number of rotatable bonds is 7. The largest absolute Gasteiger partial charge is 0.482 e. The third kappa shape index (κ3) is 4.90. The summed E-state index contributed by atoms with van der Waals surface area (Å²) >= 11 is 0. The molecule has 0 unspecified atom stereocenters. The van der Waals surface area contributed by atoms with Crippen molar-refractivity contribution in [3.05, 3.63) is 57.8 Å². The molecule has 1 aromatic carbocycles. The number of H-pyrrole nitrogens is 1. The number of nitrogens with zero attached hydrogens (tertiary/aromatic N) is 1. The van der Waals surface area contributed by atoms with Crippen LogP contribution >= 0.6 is 0 Å². The molecule has 1 aromatic heterocycles. The molecule has 0 saturated carbocycles. The van der Waals surface area contributed by atoms with E-state index in [0.29, 0.717) is 18.2 Å². The fraction of sp³-hybridized carbons (Fsp3) is 0.474. The van der Waals surface area contributed by atoms with E-state index < -0.39 is 0 Å². The molecule has 2 heterocycles. The van der Waals surface area contributed by atoms with Crippen LogP contribution in [0.5, 0.6) is 5.75 Å². The zero-order valence-electron chi connectivity index (χ0n) is 14.6. The van der Waals surface area contributed by atoms with Gasteiger partial charge in [0, 0.05) is 13.5 Å². The van der Waals surface area contributed by atoms with Crippen molar-refractivity contribution in [3.8, 4) is 5.75 Å². The van der Waals surface area contributed by atoms with Gasteiger partial charge in [-0.25, -0.2) is 4.98 Å². The van der Waals surface area contributed by atoms with Gasteiger partial charge in [0.25, 0.3) is 5.56 Å². The van der Waals surface area contributed by atoms with Crippen molar-refractivity contribution in [2.24, 2.45) is 5.92 Å². The first kappa shape index (κ1) is 17.6. The summed E-state index contributed by atoms with van der Waals surface area (Å²) in [6.45, 7) is 2.64. The van der Waals surface area contributed by atoms with E-state index in [1.54, 1.807) is 7.11 Å². The summed E-state index contributed by atoms with van der Waals surface area (Å²) < 4.78 is 11.0. The number of hydrogen-bond donors (Lipinski definition) is 2. The van der Waals surface area contributed by atoms with E-state index in [2.05, 4.69) is 15.3 Å². The van der Waals surface area contributed by atoms with E-state index in [4.69, 9.17) is 9.47 Å². The number of aromatic amines is 1. The van der Waals surface area contributed by atoms with Gasteiger partial charge < -0.3 is 19.8 Å². The van der Waals surface area contributed by atoms with Crippen molar-refractivity contribution in [3.63, 3.8) is 0 Å². The van der Waals surface area contributed by atoms with Crippen LogP contribution in [0.3, 0.4) is 0 Å².